The van der Waals surface area contributed by atoms with Crippen LogP contribution in [0.25, 0.3) is 6.08 Å². The number of para-hydroxylation sites is 1. The second-order valence-corrected chi connectivity index (χ2v) is 8.36. The molecular weight excluding hydrogens is 443 g/mol. The van der Waals surface area contributed by atoms with Gasteiger partial charge < -0.3 is 0 Å². The third-order valence-corrected chi connectivity index (χ3v) is 5.51. The maximum absolute atomic E-state index is 14.3. The number of benzene rings is 3. The van der Waals surface area contributed by atoms with E-state index in [4.69, 9.17) is 11.6 Å². The number of rotatable bonds is 4. The second-order valence-electron chi connectivity index (χ2n) is 7.93. The maximum Gasteiger partial charge on any atom is 0.336 e. The highest BCUT2D eigenvalue weighted by Gasteiger charge is 2.38. The smallest absolute Gasteiger partial charge is 0.273 e. The number of hydrogen-bond acceptors (Lipinski definition) is 3. The molecule has 0 unspecified atom stereocenters. The van der Waals surface area contributed by atoms with E-state index in [-0.39, 0.29) is 11.3 Å². The molecule has 0 radical (unpaired) electrons. The Hall–Kier alpha value is -3.77. The molecule has 1 aliphatic heterocycles. The largest absolute Gasteiger partial charge is 0.336 e. The number of carbonyl (C=O) groups is 3. The van der Waals surface area contributed by atoms with Gasteiger partial charge in [0.1, 0.15) is 11.4 Å². The number of anilines is 1. The van der Waals surface area contributed by atoms with Crippen molar-refractivity contribution in [2.75, 3.05) is 4.90 Å². The third-order valence-electron chi connectivity index (χ3n) is 5.28. The van der Waals surface area contributed by atoms with Crippen LogP contribution in [0, 0.1) is 19.7 Å². The van der Waals surface area contributed by atoms with Crippen LogP contribution >= 0.6 is 11.6 Å². The third kappa shape index (κ3) is 4.71. The number of carbonyl (C=O) groups excluding carboxylic acids is 3. The number of amides is 4. The molecule has 4 rings (SSSR count). The van der Waals surface area contributed by atoms with E-state index >= 15 is 0 Å². The zero-order valence-corrected chi connectivity index (χ0v) is 18.7. The fraction of sp³-hybridized carbons (Fsp3) is 0.115. The molecular formula is C26H20ClFN2O3. The van der Waals surface area contributed by atoms with Gasteiger partial charge in [-0.3, -0.25) is 14.9 Å². The zero-order valence-electron chi connectivity index (χ0n) is 18.0. The van der Waals surface area contributed by atoms with Gasteiger partial charge in [0.05, 0.1) is 5.69 Å². The molecule has 1 heterocycles. The van der Waals surface area contributed by atoms with Crippen molar-refractivity contribution in [3.05, 3.63) is 105 Å². The van der Waals surface area contributed by atoms with Crippen molar-refractivity contribution in [1.29, 1.82) is 0 Å². The van der Waals surface area contributed by atoms with Gasteiger partial charge in [-0.15, -0.1) is 0 Å². The number of barbiturate groups is 1. The molecule has 0 aromatic heterocycles. The van der Waals surface area contributed by atoms with Gasteiger partial charge in [-0.2, -0.15) is 0 Å². The Morgan fingerprint density at radius 3 is 2.36 bits per heavy atom. The van der Waals surface area contributed by atoms with Gasteiger partial charge in [0.15, 0.2) is 0 Å². The average Bonchev–Trinajstić information content (AvgIpc) is 2.73. The Morgan fingerprint density at radius 2 is 1.67 bits per heavy atom. The topological polar surface area (TPSA) is 66.5 Å². The Balaban J connectivity index is 1.76. The molecule has 3 aromatic rings. The quantitative estimate of drug-likeness (QED) is 0.419. The molecule has 5 nitrogen and oxygen atoms in total. The minimum atomic E-state index is -1.01. The van der Waals surface area contributed by atoms with E-state index in [1.54, 1.807) is 12.1 Å². The lowest BCUT2D eigenvalue weighted by Gasteiger charge is -2.26. The number of hydrogen-bond donors (Lipinski definition) is 1. The van der Waals surface area contributed by atoms with Gasteiger partial charge in [0.2, 0.25) is 0 Å². The molecule has 1 saturated heterocycles. The average molecular weight is 463 g/mol. The molecule has 166 valence electrons. The highest BCUT2D eigenvalue weighted by molar-refractivity contribution is 6.39. The summed E-state index contributed by atoms with van der Waals surface area (Å²) in [5.74, 6) is -2.52. The van der Waals surface area contributed by atoms with Crippen LogP contribution in [0.15, 0.2) is 66.2 Å². The van der Waals surface area contributed by atoms with Crippen molar-refractivity contribution >= 4 is 41.2 Å². The van der Waals surface area contributed by atoms with Crippen LogP contribution in [0.2, 0.25) is 5.02 Å². The van der Waals surface area contributed by atoms with Crippen LogP contribution in [-0.4, -0.2) is 17.8 Å². The molecule has 1 aliphatic rings. The predicted molar refractivity (Wildman–Crippen MR) is 126 cm³/mol. The lowest BCUT2D eigenvalue weighted by Crippen LogP contribution is -2.54. The van der Waals surface area contributed by atoms with E-state index in [1.165, 1.54) is 24.3 Å². The van der Waals surface area contributed by atoms with E-state index in [0.717, 1.165) is 28.3 Å². The summed E-state index contributed by atoms with van der Waals surface area (Å²) in [6.07, 6.45) is 1.94. The molecule has 4 amide bonds. The second kappa shape index (κ2) is 9.00. The van der Waals surface area contributed by atoms with E-state index in [0.29, 0.717) is 21.9 Å². The minimum Gasteiger partial charge on any atom is -0.273 e. The molecule has 0 saturated carbocycles. The molecule has 33 heavy (non-hydrogen) atoms. The molecule has 0 bridgehead atoms. The summed E-state index contributed by atoms with van der Waals surface area (Å²) in [4.78, 5) is 38.6. The van der Waals surface area contributed by atoms with E-state index < -0.39 is 23.7 Å². The Morgan fingerprint density at radius 1 is 0.970 bits per heavy atom. The molecule has 0 aliphatic carbocycles. The maximum atomic E-state index is 14.3. The molecule has 3 aromatic carbocycles. The van der Waals surface area contributed by atoms with Gasteiger partial charge in [-0.25, -0.2) is 14.1 Å². The van der Waals surface area contributed by atoms with Gasteiger partial charge in [-0.05, 0) is 67.3 Å². The van der Waals surface area contributed by atoms with Crippen molar-refractivity contribution in [2.24, 2.45) is 0 Å². The Kier molecular flexibility index (Phi) is 6.11. The summed E-state index contributed by atoms with van der Waals surface area (Å²) in [7, 11) is 0. The number of nitrogens with zero attached hydrogens (tertiary/aromatic N) is 1. The number of halogens is 2. The summed E-state index contributed by atoms with van der Waals surface area (Å²) in [5, 5.41) is 2.54. The lowest BCUT2D eigenvalue weighted by molar-refractivity contribution is -0.122. The SMILES string of the molecule is Cc1cc(C)cc(Cc2ccc(Cl)cc2/C=C2/C(=O)NC(=O)N(c3ccccc3F)C2=O)c1. The first-order valence-electron chi connectivity index (χ1n) is 10.2. The first kappa shape index (κ1) is 22.4. The molecule has 7 heteroatoms. The van der Waals surface area contributed by atoms with Crippen molar-refractivity contribution < 1.29 is 18.8 Å². The van der Waals surface area contributed by atoms with Crippen LogP contribution in [0.4, 0.5) is 14.9 Å². The van der Waals surface area contributed by atoms with Crippen LogP contribution in [-0.2, 0) is 16.0 Å². The van der Waals surface area contributed by atoms with Crippen LogP contribution in [0.5, 0.6) is 0 Å². The first-order valence-corrected chi connectivity index (χ1v) is 10.6. The minimum absolute atomic E-state index is 0.236. The van der Waals surface area contributed by atoms with Gasteiger partial charge in [0, 0.05) is 5.02 Å². The van der Waals surface area contributed by atoms with Crippen molar-refractivity contribution in [2.45, 2.75) is 20.3 Å². The monoisotopic (exact) mass is 462 g/mol. The lowest BCUT2D eigenvalue weighted by atomic mass is 9.95. The van der Waals surface area contributed by atoms with Gasteiger partial charge in [0.25, 0.3) is 11.8 Å². The molecule has 1 N–H and O–H groups in total. The Labute approximate surface area is 195 Å². The summed E-state index contributed by atoms with van der Waals surface area (Å²) >= 11 is 6.20. The standard InChI is InChI=1S/C26H20ClFN2O3/c1-15-9-16(2)11-17(10-15)12-18-7-8-20(27)13-19(18)14-21-24(31)29-26(33)30(25(21)32)23-6-4-3-5-22(23)28/h3-11,13-14H,12H2,1-2H3,(H,29,31,33)/b21-14-. The summed E-state index contributed by atoms with van der Waals surface area (Å²) in [6.45, 7) is 4.03. The van der Waals surface area contributed by atoms with Crippen LogP contribution in [0.3, 0.4) is 0 Å². The fourth-order valence-corrected chi connectivity index (χ4v) is 4.10. The van der Waals surface area contributed by atoms with Crippen molar-refractivity contribution in [1.82, 2.24) is 5.32 Å². The van der Waals surface area contributed by atoms with Crippen LogP contribution < -0.4 is 10.2 Å². The van der Waals surface area contributed by atoms with Gasteiger partial charge >= 0.3 is 6.03 Å². The van der Waals surface area contributed by atoms with Crippen LogP contribution in [0.1, 0.15) is 27.8 Å². The molecule has 0 atom stereocenters. The van der Waals surface area contributed by atoms with E-state index in [1.807, 2.05) is 19.9 Å². The summed E-state index contributed by atoms with van der Waals surface area (Å²) in [5.41, 5.74) is 4.19. The number of nitrogens with one attached hydrogen (secondary N) is 1. The highest BCUT2D eigenvalue weighted by atomic mass is 35.5. The predicted octanol–water partition coefficient (Wildman–Crippen LogP) is 5.35. The highest BCUT2D eigenvalue weighted by Crippen LogP contribution is 2.27. The zero-order chi connectivity index (χ0) is 23.7. The molecule has 0 spiro atoms. The van der Waals surface area contributed by atoms with Crippen molar-refractivity contribution in [3.8, 4) is 0 Å². The Bertz CT molecular complexity index is 1310. The van der Waals surface area contributed by atoms with E-state index in [2.05, 4.69) is 23.5 Å². The summed E-state index contributed by atoms with van der Waals surface area (Å²) in [6, 6.07) is 15.8. The normalized spacial score (nSPS) is 15.2. The molecule has 1 fully saturated rings. The van der Waals surface area contributed by atoms with E-state index in [9.17, 15) is 18.8 Å². The van der Waals surface area contributed by atoms with Gasteiger partial charge in [-0.1, -0.05) is 59.1 Å². The number of aryl methyl sites for hydroxylation is 2. The number of urea groups is 1. The fourth-order valence-electron chi connectivity index (χ4n) is 3.92. The summed E-state index contributed by atoms with van der Waals surface area (Å²) < 4.78 is 14.3. The van der Waals surface area contributed by atoms with Crippen molar-refractivity contribution in [3.63, 3.8) is 0 Å². The number of imide groups is 2. The first-order chi connectivity index (χ1) is 15.7.